The summed E-state index contributed by atoms with van der Waals surface area (Å²) in [6.45, 7) is 0. The summed E-state index contributed by atoms with van der Waals surface area (Å²) >= 11 is 7.74. The van der Waals surface area contributed by atoms with Gasteiger partial charge in [0.1, 0.15) is 16.3 Å². The number of methoxy groups -OCH3 is 1. The predicted molar refractivity (Wildman–Crippen MR) is 95.8 cm³/mol. The van der Waals surface area contributed by atoms with Crippen LogP contribution in [0.25, 0.3) is 11.2 Å². The van der Waals surface area contributed by atoms with Crippen LogP contribution in [0.2, 0.25) is 5.28 Å². The number of nitrogens with zero attached hydrogens (tertiary/aromatic N) is 4. The van der Waals surface area contributed by atoms with Gasteiger partial charge >= 0.3 is 0 Å². The number of hydrogen-bond acceptors (Lipinski definition) is 5. The lowest BCUT2D eigenvalue weighted by molar-refractivity contribution is 0.319. The van der Waals surface area contributed by atoms with E-state index in [1.54, 1.807) is 18.9 Å². The molecule has 1 aromatic carbocycles. The molecule has 24 heavy (non-hydrogen) atoms. The fraction of sp³-hybridized carbons (Fsp3) is 0.353. The summed E-state index contributed by atoms with van der Waals surface area (Å²) in [4.78, 5) is 13.1. The number of thioether (sulfide) groups is 1. The van der Waals surface area contributed by atoms with Gasteiger partial charge in [0.05, 0.1) is 13.4 Å². The zero-order valence-electron chi connectivity index (χ0n) is 13.3. The first-order chi connectivity index (χ1) is 11.7. The SMILES string of the molecule is COc1ccc(CSc2nc(Cl)nc3ncn(C4CCC4)c23)cc1. The minimum Gasteiger partial charge on any atom is -0.497 e. The molecule has 0 aliphatic heterocycles. The number of ether oxygens (including phenoxy) is 1. The molecule has 1 aliphatic rings. The Kier molecular flexibility index (Phi) is 4.33. The molecule has 0 bridgehead atoms. The third kappa shape index (κ3) is 2.96. The van der Waals surface area contributed by atoms with Gasteiger partial charge in [-0.05, 0) is 48.6 Å². The van der Waals surface area contributed by atoms with Gasteiger partial charge in [-0.1, -0.05) is 23.9 Å². The Hall–Kier alpha value is -1.79. The quantitative estimate of drug-likeness (QED) is 0.381. The second-order valence-electron chi connectivity index (χ2n) is 5.84. The van der Waals surface area contributed by atoms with Crippen molar-refractivity contribution < 1.29 is 4.74 Å². The zero-order chi connectivity index (χ0) is 16.5. The number of hydrogen-bond donors (Lipinski definition) is 0. The molecule has 3 aromatic rings. The first-order valence-corrected chi connectivity index (χ1v) is 9.27. The van der Waals surface area contributed by atoms with Crippen LogP contribution >= 0.6 is 23.4 Å². The number of fused-ring (bicyclic) bond motifs is 1. The maximum absolute atomic E-state index is 6.08. The third-order valence-corrected chi connectivity index (χ3v) is 5.58. The zero-order valence-corrected chi connectivity index (χ0v) is 14.8. The Morgan fingerprint density at radius 2 is 2.04 bits per heavy atom. The topological polar surface area (TPSA) is 52.8 Å². The fourth-order valence-electron chi connectivity index (χ4n) is 2.80. The third-order valence-electron chi connectivity index (χ3n) is 4.37. The molecule has 4 rings (SSSR count). The first kappa shape index (κ1) is 15.7. The van der Waals surface area contributed by atoms with E-state index in [4.69, 9.17) is 16.3 Å². The van der Waals surface area contributed by atoms with Crippen LogP contribution in [0.3, 0.4) is 0 Å². The standard InChI is InChI=1S/C17H17ClN4OS/c1-23-13-7-5-11(6-8-13)9-24-16-14-15(20-17(18)21-16)19-10-22(14)12-3-2-4-12/h5-8,10,12H,2-4,9H2,1H3. The van der Waals surface area contributed by atoms with Gasteiger partial charge in [0.2, 0.25) is 5.28 Å². The molecule has 1 aliphatic carbocycles. The number of imidazole rings is 1. The van der Waals surface area contributed by atoms with E-state index in [0.717, 1.165) is 22.0 Å². The van der Waals surface area contributed by atoms with Gasteiger partial charge in [-0.2, -0.15) is 4.98 Å². The van der Waals surface area contributed by atoms with Gasteiger partial charge in [-0.15, -0.1) is 0 Å². The van der Waals surface area contributed by atoms with Crippen molar-refractivity contribution in [3.05, 3.63) is 41.4 Å². The highest BCUT2D eigenvalue weighted by atomic mass is 35.5. The number of rotatable bonds is 5. The summed E-state index contributed by atoms with van der Waals surface area (Å²) in [5.74, 6) is 1.67. The van der Waals surface area contributed by atoms with Gasteiger partial charge in [0.15, 0.2) is 5.65 Å². The van der Waals surface area contributed by atoms with Crippen LogP contribution in [0, 0.1) is 0 Å². The van der Waals surface area contributed by atoms with E-state index in [1.807, 2.05) is 18.5 Å². The lowest BCUT2D eigenvalue weighted by Crippen LogP contribution is -2.16. The van der Waals surface area contributed by atoms with Crippen molar-refractivity contribution in [3.8, 4) is 5.75 Å². The first-order valence-electron chi connectivity index (χ1n) is 7.90. The average Bonchev–Trinajstić information content (AvgIpc) is 2.95. The van der Waals surface area contributed by atoms with Crippen molar-refractivity contribution in [2.75, 3.05) is 7.11 Å². The molecule has 5 nitrogen and oxygen atoms in total. The Morgan fingerprint density at radius 1 is 1.25 bits per heavy atom. The molecular weight excluding hydrogens is 344 g/mol. The molecule has 0 radical (unpaired) electrons. The minimum absolute atomic E-state index is 0.249. The van der Waals surface area contributed by atoms with Crippen LogP contribution in [-0.4, -0.2) is 26.6 Å². The Labute approximate surface area is 149 Å². The maximum Gasteiger partial charge on any atom is 0.225 e. The molecule has 124 valence electrons. The largest absolute Gasteiger partial charge is 0.497 e. The molecule has 0 unspecified atom stereocenters. The van der Waals surface area contributed by atoms with Gasteiger partial charge in [-0.25, -0.2) is 9.97 Å². The van der Waals surface area contributed by atoms with E-state index >= 15 is 0 Å². The summed E-state index contributed by atoms with van der Waals surface area (Å²) in [5.41, 5.74) is 2.89. The second kappa shape index (κ2) is 6.61. The minimum atomic E-state index is 0.249. The fourth-order valence-corrected chi connectivity index (χ4v) is 4.00. The van der Waals surface area contributed by atoms with Crippen molar-refractivity contribution in [3.63, 3.8) is 0 Å². The van der Waals surface area contributed by atoms with Crippen LogP contribution in [-0.2, 0) is 5.75 Å². The summed E-state index contributed by atoms with van der Waals surface area (Å²) in [5, 5.41) is 1.14. The average molecular weight is 361 g/mol. The van der Waals surface area contributed by atoms with Crippen molar-refractivity contribution in [2.24, 2.45) is 0 Å². The van der Waals surface area contributed by atoms with Crippen molar-refractivity contribution in [2.45, 2.75) is 36.1 Å². The lowest BCUT2D eigenvalue weighted by atomic mass is 9.93. The summed E-state index contributed by atoms with van der Waals surface area (Å²) in [7, 11) is 1.67. The highest BCUT2D eigenvalue weighted by Crippen LogP contribution is 2.37. The molecule has 0 atom stereocenters. The van der Waals surface area contributed by atoms with Crippen LogP contribution < -0.4 is 4.74 Å². The number of aromatic nitrogens is 4. The summed E-state index contributed by atoms with van der Waals surface area (Å²) in [6, 6.07) is 8.58. The Bertz CT molecular complexity index is 861. The number of benzene rings is 1. The predicted octanol–water partition coefficient (Wildman–Crippen LogP) is 4.51. The smallest absolute Gasteiger partial charge is 0.225 e. The lowest BCUT2D eigenvalue weighted by Gasteiger charge is -2.27. The van der Waals surface area contributed by atoms with Crippen LogP contribution in [0.5, 0.6) is 5.75 Å². The Balaban J connectivity index is 1.63. The number of halogens is 1. The summed E-state index contributed by atoms with van der Waals surface area (Å²) in [6.07, 6.45) is 5.53. The van der Waals surface area contributed by atoms with Gasteiger partial charge in [-0.3, -0.25) is 0 Å². The van der Waals surface area contributed by atoms with E-state index in [1.165, 1.54) is 24.8 Å². The molecule has 2 heterocycles. The van der Waals surface area contributed by atoms with Crippen molar-refractivity contribution in [1.29, 1.82) is 0 Å². The molecule has 0 amide bonds. The summed E-state index contributed by atoms with van der Waals surface area (Å²) < 4.78 is 7.41. The van der Waals surface area contributed by atoms with E-state index < -0.39 is 0 Å². The highest BCUT2D eigenvalue weighted by molar-refractivity contribution is 7.98. The van der Waals surface area contributed by atoms with E-state index in [-0.39, 0.29) is 5.28 Å². The molecule has 0 N–H and O–H groups in total. The molecule has 0 saturated heterocycles. The molecular formula is C17H17ClN4OS. The van der Waals surface area contributed by atoms with E-state index in [0.29, 0.717) is 11.7 Å². The highest BCUT2D eigenvalue weighted by Gasteiger charge is 2.23. The molecule has 7 heteroatoms. The second-order valence-corrected chi connectivity index (χ2v) is 7.15. The normalized spacial score (nSPS) is 14.8. The van der Waals surface area contributed by atoms with Gasteiger partial charge in [0.25, 0.3) is 0 Å². The molecule has 2 aromatic heterocycles. The van der Waals surface area contributed by atoms with Gasteiger partial charge < -0.3 is 9.30 Å². The van der Waals surface area contributed by atoms with Crippen LogP contribution in [0.1, 0.15) is 30.9 Å². The monoisotopic (exact) mass is 360 g/mol. The molecule has 1 fully saturated rings. The van der Waals surface area contributed by atoms with Gasteiger partial charge in [0, 0.05) is 11.8 Å². The maximum atomic E-state index is 6.08. The van der Waals surface area contributed by atoms with Crippen LogP contribution in [0.15, 0.2) is 35.6 Å². The Morgan fingerprint density at radius 3 is 2.71 bits per heavy atom. The van der Waals surface area contributed by atoms with Crippen molar-refractivity contribution in [1.82, 2.24) is 19.5 Å². The molecule has 1 saturated carbocycles. The van der Waals surface area contributed by atoms with E-state index in [9.17, 15) is 0 Å². The van der Waals surface area contributed by atoms with Crippen molar-refractivity contribution >= 4 is 34.5 Å². The van der Waals surface area contributed by atoms with E-state index in [2.05, 4.69) is 31.7 Å². The van der Waals surface area contributed by atoms with Crippen LogP contribution in [0.4, 0.5) is 0 Å². The molecule has 0 spiro atoms.